The summed E-state index contributed by atoms with van der Waals surface area (Å²) < 4.78 is 0. The summed E-state index contributed by atoms with van der Waals surface area (Å²) in [5.74, 6) is 0. The van der Waals surface area contributed by atoms with Gasteiger partial charge in [0.25, 0.3) is 0 Å². The van der Waals surface area contributed by atoms with Crippen LogP contribution in [0.15, 0.2) is 5.10 Å². The third-order valence-electron chi connectivity index (χ3n) is 1.39. The van der Waals surface area contributed by atoms with E-state index in [2.05, 4.69) is 24.4 Å². The molecule has 0 amide bonds. The van der Waals surface area contributed by atoms with Gasteiger partial charge in [-0.15, -0.1) is 0 Å². The van der Waals surface area contributed by atoms with Gasteiger partial charge < -0.3 is 5.43 Å². The Morgan fingerprint density at radius 1 is 1.62 bits per heavy atom. The van der Waals surface area contributed by atoms with Crippen LogP contribution < -0.4 is 5.43 Å². The minimum Gasteiger partial charge on any atom is -0.310 e. The van der Waals surface area contributed by atoms with Crippen LogP contribution in [0, 0.1) is 5.41 Å². The molecule has 2 heteroatoms. The molecule has 0 bridgehead atoms. The zero-order valence-corrected chi connectivity index (χ0v) is 5.44. The molecule has 8 heavy (non-hydrogen) atoms. The predicted octanol–water partition coefficient (Wildman–Crippen LogP) is 0.992. The van der Waals surface area contributed by atoms with Gasteiger partial charge in [-0.3, -0.25) is 0 Å². The molecule has 0 aliphatic carbocycles. The van der Waals surface area contributed by atoms with Gasteiger partial charge in [0.2, 0.25) is 0 Å². The van der Waals surface area contributed by atoms with Crippen molar-refractivity contribution in [1.82, 2.24) is 5.43 Å². The third kappa shape index (κ3) is 1.22. The number of hydrazone groups is 1. The van der Waals surface area contributed by atoms with E-state index in [0.29, 0.717) is 5.41 Å². The lowest BCUT2D eigenvalue weighted by Gasteiger charge is -2.22. The predicted molar refractivity (Wildman–Crippen MR) is 34.9 cm³/mol. The van der Waals surface area contributed by atoms with Crippen LogP contribution >= 0.6 is 0 Å². The molecule has 1 aliphatic heterocycles. The molecule has 0 atom stereocenters. The summed E-state index contributed by atoms with van der Waals surface area (Å²) in [6.45, 7) is 5.40. The summed E-state index contributed by atoms with van der Waals surface area (Å²) in [5.41, 5.74) is 3.23. The van der Waals surface area contributed by atoms with Crippen LogP contribution in [0.1, 0.15) is 20.3 Å². The summed E-state index contributed by atoms with van der Waals surface area (Å²) >= 11 is 0. The molecule has 1 rings (SSSR count). The minimum absolute atomic E-state index is 0.325. The molecule has 1 aliphatic rings. The molecule has 2 nitrogen and oxygen atoms in total. The lowest BCUT2D eigenvalue weighted by molar-refractivity contribution is 0.439. The summed E-state index contributed by atoms with van der Waals surface area (Å²) in [7, 11) is 0. The summed E-state index contributed by atoms with van der Waals surface area (Å²) in [4.78, 5) is 0. The van der Waals surface area contributed by atoms with E-state index in [0.717, 1.165) is 6.54 Å². The highest BCUT2D eigenvalue weighted by molar-refractivity contribution is 5.64. The maximum Gasteiger partial charge on any atom is 0.0338 e. The highest BCUT2D eigenvalue weighted by atomic mass is 15.3. The Labute approximate surface area is 50.0 Å². The quantitative estimate of drug-likeness (QED) is 0.496. The average Bonchev–Trinajstić information content (AvgIpc) is 1.65. The first-order chi connectivity index (χ1) is 3.71. The van der Waals surface area contributed by atoms with Crippen LogP contribution in [0.25, 0.3) is 0 Å². The lowest BCUT2D eigenvalue weighted by Crippen LogP contribution is -2.26. The summed E-state index contributed by atoms with van der Waals surface area (Å²) in [6, 6.07) is 0. The number of nitrogens with one attached hydrogen (secondary N) is 1. The van der Waals surface area contributed by atoms with E-state index in [1.54, 1.807) is 0 Å². The molecule has 0 saturated heterocycles. The van der Waals surface area contributed by atoms with Crippen LogP contribution in [-0.2, 0) is 0 Å². The summed E-state index contributed by atoms with van der Waals surface area (Å²) in [6.07, 6.45) is 3.16. The maximum absolute atomic E-state index is 3.95. The van der Waals surface area contributed by atoms with Crippen LogP contribution in [0.2, 0.25) is 0 Å². The molecule has 0 fully saturated rings. The van der Waals surface area contributed by atoms with Crippen LogP contribution in [0.5, 0.6) is 0 Å². The zero-order valence-electron chi connectivity index (χ0n) is 5.44. The fraction of sp³-hybridized carbons (Fsp3) is 0.833. The van der Waals surface area contributed by atoms with Crippen LogP contribution in [-0.4, -0.2) is 12.8 Å². The topological polar surface area (TPSA) is 24.4 Å². The molecular weight excluding hydrogens is 100 g/mol. The van der Waals surface area contributed by atoms with Gasteiger partial charge in [0, 0.05) is 18.2 Å². The molecule has 0 radical (unpaired) electrons. The van der Waals surface area contributed by atoms with Crippen molar-refractivity contribution < 1.29 is 0 Å². The van der Waals surface area contributed by atoms with Gasteiger partial charge in [0.05, 0.1) is 0 Å². The van der Waals surface area contributed by atoms with E-state index in [9.17, 15) is 0 Å². The molecule has 0 unspecified atom stereocenters. The second kappa shape index (κ2) is 1.77. The lowest BCUT2D eigenvalue weighted by atomic mass is 9.90. The van der Waals surface area contributed by atoms with Crippen molar-refractivity contribution in [2.45, 2.75) is 20.3 Å². The second-order valence-electron chi connectivity index (χ2n) is 2.90. The molecular formula is C6H12N2. The van der Waals surface area contributed by atoms with Gasteiger partial charge in [0.1, 0.15) is 0 Å². The Morgan fingerprint density at radius 2 is 2.38 bits per heavy atom. The fourth-order valence-corrected chi connectivity index (χ4v) is 0.728. The van der Waals surface area contributed by atoms with E-state index in [-0.39, 0.29) is 0 Å². The van der Waals surface area contributed by atoms with E-state index in [4.69, 9.17) is 0 Å². The Bertz CT molecular complexity index is 105. The third-order valence-corrected chi connectivity index (χ3v) is 1.39. The Morgan fingerprint density at radius 3 is 2.62 bits per heavy atom. The van der Waals surface area contributed by atoms with Crippen LogP contribution in [0.4, 0.5) is 0 Å². The highest BCUT2D eigenvalue weighted by Gasteiger charge is 2.16. The smallest absolute Gasteiger partial charge is 0.0338 e. The Balaban J connectivity index is 2.56. The second-order valence-corrected chi connectivity index (χ2v) is 2.90. The average molecular weight is 112 g/mol. The maximum atomic E-state index is 3.95. The number of rotatable bonds is 0. The van der Waals surface area contributed by atoms with Gasteiger partial charge >= 0.3 is 0 Å². The molecule has 1 heterocycles. The number of nitrogens with zero attached hydrogens (tertiary/aromatic N) is 1. The van der Waals surface area contributed by atoms with E-state index < -0.39 is 0 Å². The van der Waals surface area contributed by atoms with E-state index in [1.165, 1.54) is 6.42 Å². The molecule has 0 saturated carbocycles. The molecule has 0 aromatic rings. The largest absolute Gasteiger partial charge is 0.310 e. The molecule has 0 spiro atoms. The standard InChI is InChI=1S/C6H12N2/c1-6(2)3-4-7-8-5-6/h5,7H,3-4H2,1-2H3. The zero-order chi connectivity index (χ0) is 6.04. The SMILES string of the molecule is CC1(C)C=NNCC1. The Kier molecular flexibility index (Phi) is 1.24. The van der Waals surface area contributed by atoms with Crippen molar-refractivity contribution in [3.8, 4) is 0 Å². The number of hydrogen-bond donors (Lipinski definition) is 1. The van der Waals surface area contributed by atoms with Crippen molar-refractivity contribution in [2.75, 3.05) is 6.54 Å². The van der Waals surface area contributed by atoms with Crippen molar-refractivity contribution >= 4 is 6.21 Å². The Hall–Kier alpha value is -0.530. The van der Waals surface area contributed by atoms with Crippen molar-refractivity contribution in [1.29, 1.82) is 0 Å². The normalized spacial score (nSPS) is 24.8. The highest BCUT2D eigenvalue weighted by Crippen LogP contribution is 2.17. The monoisotopic (exact) mass is 112 g/mol. The van der Waals surface area contributed by atoms with E-state index >= 15 is 0 Å². The van der Waals surface area contributed by atoms with Crippen LogP contribution in [0.3, 0.4) is 0 Å². The molecule has 1 N–H and O–H groups in total. The minimum atomic E-state index is 0.325. The molecule has 0 aromatic carbocycles. The van der Waals surface area contributed by atoms with Gasteiger partial charge in [0.15, 0.2) is 0 Å². The van der Waals surface area contributed by atoms with Crippen molar-refractivity contribution in [3.63, 3.8) is 0 Å². The molecule has 0 aromatic heterocycles. The first kappa shape index (κ1) is 5.60. The first-order valence-electron chi connectivity index (χ1n) is 2.98. The fourth-order valence-electron chi connectivity index (χ4n) is 0.728. The summed E-state index contributed by atoms with van der Waals surface area (Å²) in [5, 5.41) is 3.95. The van der Waals surface area contributed by atoms with Gasteiger partial charge in [-0.25, -0.2) is 0 Å². The van der Waals surface area contributed by atoms with Gasteiger partial charge in [-0.05, 0) is 6.42 Å². The van der Waals surface area contributed by atoms with E-state index in [1.807, 2.05) is 6.21 Å². The first-order valence-corrected chi connectivity index (χ1v) is 2.98. The molecule has 46 valence electrons. The van der Waals surface area contributed by atoms with Gasteiger partial charge in [-0.1, -0.05) is 13.8 Å². The van der Waals surface area contributed by atoms with Crippen molar-refractivity contribution in [3.05, 3.63) is 0 Å². The van der Waals surface area contributed by atoms with Crippen molar-refractivity contribution in [2.24, 2.45) is 10.5 Å². The van der Waals surface area contributed by atoms with Gasteiger partial charge in [-0.2, -0.15) is 5.10 Å². The number of hydrogen-bond acceptors (Lipinski definition) is 2.